The van der Waals surface area contributed by atoms with E-state index in [2.05, 4.69) is 45.0 Å². The molecule has 9 heteroatoms. The van der Waals surface area contributed by atoms with E-state index >= 15 is 0 Å². The molecule has 1 fully saturated rings. The number of nitrogens with zero attached hydrogens (tertiary/aromatic N) is 2. The van der Waals surface area contributed by atoms with Crippen molar-refractivity contribution in [3.05, 3.63) is 93.5 Å². The van der Waals surface area contributed by atoms with Crippen LogP contribution in [-0.2, 0) is 9.26 Å². The lowest BCUT2D eigenvalue weighted by molar-refractivity contribution is -0.170. The zero-order valence-corrected chi connectivity index (χ0v) is 20.8. The van der Waals surface area contributed by atoms with Gasteiger partial charge in [-0.15, -0.1) is 0 Å². The summed E-state index contributed by atoms with van der Waals surface area (Å²) in [6.45, 7) is 6.99. The average molecular weight is 484 g/mol. The van der Waals surface area contributed by atoms with Crippen LogP contribution in [-0.4, -0.2) is 42.6 Å². The standard InChI is InChI=1S/C25H30FN3O4Si/c1-25(2,3)34(19-11-7-5-8-12-19,20-13-9-6-10-14-20)32-17-18-15-22(33-28(18)4)29-16-21(26)23(30)27-24(29)31/h5-14,16,18,22H,15,17H2,1-4H3,(H,27,30,31)/t18-,22+/m1/s1. The zero-order chi connectivity index (χ0) is 24.5. The van der Waals surface area contributed by atoms with Crippen molar-refractivity contribution in [2.24, 2.45) is 0 Å². The fraction of sp³-hybridized carbons (Fsp3) is 0.360. The van der Waals surface area contributed by atoms with Crippen molar-refractivity contribution in [3.63, 3.8) is 0 Å². The Balaban J connectivity index is 1.66. The minimum atomic E-state index is -2.73. The Morgan fingerprint density at radius 1 is 1.06 bits per heavy atom. The van der Waals surface area contributed by atoms with E-state index in [1.165, 1.54) is 10.4 Å². The van der Waals surface area contributed by atoms with Crippen molar-refractivity contribution in [1.29, 1.82) is 0 Å². The summed E-state index contributed by atoms with van der Waals surface area (Å²) in [6, 6.07) is 20.5. The number of hydroxylamine groups is 2. The Hall–Kier alpha value is -2.85. The molecule has 4 rings (SSSR count). The van der Waals surface area contributed by atoms with Crippen LogP contribution in [0.1, 0.15) is 33.4 Å². The maximum Gasteiger partial charge on any atom is 0.330 e. The molecule has 0 aliphatic carbocycles. The highest BCUT2D eigenvalue weighted by Gasteiger charge is 2.51. The van der Waals surface area contributed by atoms with Crippen LogP contribution < -0.4 is 21.6 Å². The summed E-state index contributed by atoms with van der Waals surface area (Å²) in [4.78, 5) is 31.5. The topological polar surface area (TPSA) is 76.6 Å². The maximum absolute atomic E-state index is 13.8. The molecule has 7 nitrogen and oxygen atoms in total. The highest BCUT2D eigenvalue weighted by Crippen LogP contribution is 2.37. The third kappa shape index (κ3) is 4.44. The van der Waals surface area contributed by atoms with Crippen molar-refractivity contribution >= 4 is 18.7 Å². The highest BCUT2D eigenvalue weighted by atomic mass is 28.4. The molecule has 0 amide bonds. The first-order chi connectivity index (χ1) is 16.1. The zero-order valence-electron chi connectivity index (χ0n) is 19.8. The van der Waals surface area contributed by atoms with Crippen molar-refractivity contribution in [3.8, 4) is 0 Å². The summed E-state index contributed by atoms with van der Waals surface area (Å²) >= 11 is 0. The molecule has 3 aromatic rings. The third-order valence-electron chi connectivity index (χ3n) is 6.42. The summed E-state index contributed by atoms with van der Waals surface area (Å²) in [5.74, 6) is -1.03. The lowest BCUT2D eigenvalue weighted by Gasteiger charge is -2.43. The van der Waals surface area contributed by atoms with E-state index in [1.807, 2.05) is 41.4 Å². The second-order valence-corrected chi connectivity index (χ2v) is 13.9. The molecule has 1 aliphatic heterocycles. The number of halogens is 1. The first kappa shape index (κ1) is 24.3. The highest BCUT2D eigenvalue weighted by molar-refractivity contribution is 6.99. The SMILES string of the molecule is CN1O[C@H](n2cc(F)c(=O)[nH]c2=O)C[C@@H]1CO[Si](c1ccccc1)(c1ccccc1)C(C)(C)C. The molecule has 180 valence electrons. The molecule has 2 atom stereocenters. The van der Waals surface area contributed by atoms with Crippen LogP contribution in [0, 0.1) is 5.82 Å². The van der Waals surface area contributed by atoms with Gasteiger partial charge in [-0.1, -0.05) is 81.4 Å². The molecule has 0 unspecified atom stereocenters. The van der Waals surface area contributed by atoms with Gasteiger partial charge < -0.3 is 4.43 Å². The lowest BCUT2D eigenvalue weighted by atomic mass is 10.2. The monoisotopic (exact) mass is 483 g/mol. The van der Waals surface area contributed by atoms with E-state index in [0.717, 1.165) is 10.8 Å². The third-order valence-corrected chi connectivity index (χ3v) is 11.4. The molecular formula is C25H30FN3O4Si. The van der Waals surface area contributed by atoms with Gasteiger partial charge in [0.2, 0.25) is 5.82 Å². The molecule has 1 N–H and O–H groups in total. The van der Waals surface area contributed by atoms with Crippen molar-refractivity contribution < 1.29 is 13.7 Å². The smallest absolute Gasteiger partial charge is 0.330 e. The predicted octanol–water partition coefficient (Wildman–Crippen LogP) is 2.39. The van der Waals surface area contributed by atoms with Gasteiger partial charge in [0.15, 0.2) is 6.23 Å². The van der Waals surface area contributed by atoms with Crippen LogP contribution in [0.15, 0.2) is 76.4 Å². The summed E-state index contributed by atoms with van der Waals surface area (Å²) in [6.07, 6.45) is 0.558. The van der Waals surface area contributed by atoms with Gasteiger partial charge in [0.1, 0.15) is 0 Å². The molecule has 1 aromatic heterocycles. The number of H-pyrrole nitrogens is 1. The second-order valence-electron chi connectivity index (χ2n) is 9.61. The van der Waals surface area contributed by atoms with E-state index in [0.29, 0.717) is 13.0 Å². The van der Waals surface area contributed by atoms with E-state index in [4.69, 9.17) is 9.26 Å². The molecule has 1 aliphatic rings. The van der Waals surface area contributed by atoms with Gasteiger partial charge in [-0.2, -0.15) is 9.45 Å². The summed E-state index contributed by atoms with van der Waals surface area (Å²) in [5, 5.41) is 3.82. The van der Waals surface area contributed by atoms with E-state index < -0.39 is 31.6 Å². The van der Waals surface area contributed by atoms with Crippen LogP contribution in [0.25, 0.3) is 0 Å². The average Bonchev–Trinajstić information content (AvgIpc) is 3.17. The Morgan fingerprint density at radius 2 is 1.62 bits per heavy atom. The van der Waals surface area contributed by atoms with Crippen LogP contribution in [0.4, 0.5) is 4.39 Å². The minimum Gasteiger partial charge on any atom is -0.406 e. The van der Waals surface area contributed by atoms with Gasteiger partial charge in [0, 0.05) is 13.5 Å². The first-order valence-corrected chi connectivity index (χ1v) is 13.2. The molecule has 34 heavy (non-hydrogen) atoms. The van der Waals surface area contributed by atoms with Crippen LogP contribution in [0.2, 0.25) is 5.04 Å². The minimum absolute atomic E-state index is 0.173. The van der Waals surface area contributed by atoms with Crippen molar-refractivity contribution in [2.45, 2.75) is 44.5 Å². The Kier molecular flexibility index (Phi) is 6.72. The number of hydrogen-bond donors (Lipinski definition) is 1. The van der Waals surface area contributed by atoms with Gasteiger partial charge in [0.25, 0.3) is 13.9 Å². The number of aromatic nitrogens is 2. The van der Waals surface area contributed by atoms with Gasteiger partial charge in [0.05, 0.1) is 18.8 Å². The molecule has 2 heterocycles. The predicted molar refractivity (Wildman–Crippen MR) is 131 cm³/mol. The normalized spacial score (nSPS) is 19.4. The molecule has 0 saturated carbocycles. The molecule has 0 bridgehead atoms. The number of nitrogens with one attached hydrogen (secondary N) is 1. The molecule has 0 spiro atoms. The van der Waals surface area contributed by atoms with E-state index in [9.17, 15) is 14.0 Å². The Morgan fingerprint density at radius 3 is 2.15 bits per heavy atom. The van der Waals surface area contributed by atoms with E-state index in [-0.39, 0.29) is 11.1 Å². The van der Waals surface area contributed by atoms with Gasteiger partial charge in [-0.05, 0) is 15.4 Å². The summed E-state index contributed by atoms with van der Waals surface area (Å²) in [7, 11) is -0.963. The fourth-order valence-corrected chi connectivity index (χ4v) is 9.29. The van der Waals surface area contributed by atoms with Crippen LogP contribution >= 0.6 is 0 Å². The molecule has 2 aromatic carbocycles. The number of aromatic amines is 1. The molecule has 1 saturated heterocycles. The quantitative estimate of drug-likeness (QED) is 0.545. The number of hydrogen-bond acceptors (Lipinski definition) is 5. The number of benzene rings is 2. The second kappa shape index (κ2) is 9.42. The summed E-state index contributed by atoms with van der Waals surface area (Å²) < 4.78 is 21.9. The Bertz CT molecular complexity index is 1200. The van der Waals surface area contributed by atoms with Gasteiger partial charge in [-0.3, -0.25) is 19.2 Å². The summed E-state index contributed by atoms with van der Waals surface area (Å²) in [5.41, 5.74) is -1.75. The number of likely N-dealkylation sites (N-methyl/N-ethyl adjacent to an activating group) is 1. The lowest BCUT2D eigenvalue weighted by Crippen LogP contribution is -2.67. The molecular weight excluding hydrogens is 453 g/mol. The van der Waals surface area contributed by atoms with Crippen LogP contribution in [0.3, 0.4) is 0 Å². The van der Waals surface area contributed by atoms with Gasteiger partial charge >= 0.3 is 5.69 Å². The Labute approximate surface area is 198 Å². The first-order valence-electron chi connectivity index (χ1n) is 11.3. The molecule has 0 radical (unpaired) electrons. The maximum atomic E-state index is 13.8. The van der Waals surface area contributed by atoms with Crippen LogP contribution in [0.5, 0.6) is 0 Å². The number of rotatable bonds is 6. The largest absolute Gasteiger partial charge is 0.406 e. The van der Waals surface area contributed by atoms with Gasteiger partial charge in [-0.25, -0.2) is 4.79 Å². The fourth-order valence-electron chi connectivity index (χ4n) is 4.70. The van der Waals surface area contributed by atoms with Crippen molar-refractivity contribution in [1.82, 2.24) is 14.6 Å². The van der Waals surface area contributed by atoms with Crippen molar-refractivity contribution in [2.75, 3.05) is 13.7 Å². The van der Waals surface area contributed by atoms with E-state index in [1.54, 1.807) is 12.1 Å².